The molecule has 0 amide bonds. The van der Waals surface area contributed by atoms with E-state index in [1.54, 1.807) is 36.4 Å². The van der Waals surface area contributed by atoms with E-state index < -0.39 is 16.0 Å². The van der Waals surface area contributed by atoms with Crippen molar-refractivity contribution in [3.05, 3.63) is 107 Å². The average molecular weight is 507 g/mol. The molecule has 7 heteroatoms. The molecule has 0 aliphatic carbocycles. The van der Waals surface area contributed by atoms with Gasteiger partial charge in [-0.25, -0.2) is 13.2 Å². The molecular weight excluding hydrogens is 472 g/mol. The smallest absolute Gasteiger partial charge is 0.338 e. The van der Waals surface area contributed by atoms with Crippen LogP contribution in [0, 0.1) is 6.92 Å². The molecule has 3 aromatic rings. The Morgan fingerprint density at radius 1 is 0.917 bits per heavy atom. The molecule has 0 saturated heterocycles. The number of aryl methyl sites for hydroxylation is 1. The van der Waals surface area contributed by atoms with Crippen molar-refractivity contribution < 1.29 is 17.9 Å². The standard InChI is InChI=1S/C29H34N2O4S/c1-23-10-16-28(17-11-23)36(33,34)31(22-25-8-6-5-7-9-25)20-18-24(2)19-21-35-29(32)26-12-14-27(15-13-26)30(3)4/h5-17,19H,18,20-22H2,1-4H3/b24-19+. The fourth-order valence-electron chi connectivity index (χ4n) is 3.57. The summed E-state index contributed by atoms with van der Waals surface area (Å²) in [5.41, 5.74) is 4.37. The van der Waals surface area contributed by atoms with E-state index >= 15 is 0 Å². The SMILES string of the molecule is C/C(=C\COC(=O)c1ccc(N(C)C)cc1)CCN(Cc1ccccc1)S(=O)(=O)c1ccc(C)cc1. The van der Waals surface area contributed by atoms with Gasteiger partial charge in [-0.1, -0.05) is 53.6 Å². The Labute approximate surface area is 214 Å². The van der Waals surface area contributed by atoms with E-state index in [0.717, 1.165) is 22.4 Å². The first-order valence-electron chi connectivity index (χ1n) is 11.9. The van der Waals surface area contributed by atoms with Crippen molar-refractivity contribution >= 4 is 21.7 Å². The minimum absolute atomic E-state index is 0.128. The molecule has 0 bridgehead atoms. The van der Waals surface area contributed by atoms with Crippen molar-refractivity contribution in [2.45, 2.75) is 31.7 Å². The monoisotopic (exact) mass is 506 g/mol. The maximum absolute atomic E-state index is 13.4. The molecule has 0 heterocycles. The van der Waals surface area contributed by atoms with E-state index in [1.807, 2.05) is 81.4 Å². The van der Waals surface area contributed by atoms with Gasteiger partial charge in [-0.3, -0.25) is 0 Å². The Hall–Kier alpha value is -3.42. The first-order valence-corrected chi connectivity index (χ1v) is 13.3. The highest BCUT2D eigenvalue weighted by atomic mass is 32.2. The topological polar surface area (TPSA) is 66.9 Å². The van der Waals surface area contributed by atoms with Crippen LogP contribution in [0.25, 0.3) is 0 Å². The van der Waals surface area contributed by atoms with Crippen molar-refractivity contribution in [2.24, 2.45) is 0 Å². The second-order valence-corrected chi connectivity index (χ2v) is 10.9. The number of carbonyl (C=O) groups excluding carboxylic acids is 1. The van der Waals surface area contributed by atoms with Crippen LogP contribution in [0.2, 0.25) is 0 Å². The molecule has 0 aliphatic heterocycles. The molecule has 3 aromatic carbocycles. The summed E-state index contributed by atoms with van der Waals surface area (Å²) in [6.45, 7) is 4.57. The van der Waals surface area contributed by atoms with Crippen LogP contribution < -0.4 is 4.90 Å². The van der Waals surface area contributed by atoms with E-state index in [4.69, 9.17) is 4.74 Å². The predicted octanol–water partition coefficient (Wildman–Crippen LogP) is 5.45. The Morgan fingerprint density at radius 2 is 1.56 bits per heavy atom. The number of sulfonamides is 1. The zero-order chi connectivity index (χ0) is 26.1. The molecule has 0 atom stereocenters. The fraction of sp³-hybridized carbons (Fsp3) is 0.276. The third kappa shape index (κ3) is 7.54. The van der Waals surface area contributed by atoms with Crippen molar-refractivity contribution in [3.8, 4) is 0 Å². The number of anilines is 1. The number of hydrogen-bond donors (Lipinski definition) is 0. The summed E-state index contributed by atoms with van der Waals surface area (Å²) in [5.74, 6) is -0.392. The van der Waals surface area contributed by atoms with Crippen LogP contribution in [0.15, 0.2) is 95.4 Å². The zero-order valence-corrected chi connectivity index (χ0v) is 22.2. The number of benzene rings is 3. The lowest BCUT2D eigenvalue weighted by Crippen LogP contribution is -2.31. The Morgan fingerprint density at radius 3 is 2.17 bits per heavy atom. The summed E-state index contributed by atoms with van der Waals surface area (Å²) < 4.78 is 33.7. The van der Waals surface area contributed by atoms with Crippen LogP contribution in [-0.2, 0) is 21.3 Å². The first-order chi connectivity index (χ1) is 17.2. The van der Waals surface area contributed by atoms with Crippen molar-refractivity contribution in [2.75, 3.05) is 32.1 Å². The molecule has 36 heavy (non-hydrogen) atoms. The normalized spacial score (nSPS) is 12.0. The molecule has 0 spiro atoms. The number of hydrogen-bond acceptors (Lipinski definition) is 5. The lowest BCUT2D eigenvalue weighted by Gasteiger charge is -2.23. The Bertz CT molecular complexity index is 1270. The number of nitrogens with zero attached hydrogens (tertiary/aromatic N) is 2. The summed E-state index contributed by atoms with van der Waals surface area (Å²) in [5, 5.41) is 0. The van der Waals surface area contributed by atoms with Gasteiger partial charge >= 0.3 is 5.97 Å². The Kier molecular flexibility index (Phi) is 9.44. The maximum Gasteiger partial charge on any atom is 0.338 e. The van der Waals surface area contributed by atoms with Crippen molar-refractivity contribution in [3.63, 3.8) is 0 Å². The molecule has 0 aromatic heterocycles. The van der Waals surface area contributed by atoms with Crippen LogP contribution in [-0.4, -0.2) is 45.9 Å². The van der Waals surface area contributed by atoms with Crippen LogP contribution in [0.1, 0.15) is 34.8 Å². The number of rotatable bonds is 11. The summed E-state index contributed by atoms with van der Waals surface area (Å²) in [4.78, 5) is 14.6. The second-order valence-electron chi connectivity index (χ2n) is 8.98. The molecule has 6 nitrogen and oxygen atoms in total. The number of esters is 1. The van der Waals surface area contributed by atoms with Gasteiger partial charge in [-0.05, 0) is 68.3 Å². The van der Waals surface area contributed by atoms with E-state index in [9.17, 15) is 13.2 Å². The summed E-state index contributed by atoms with van der Waals surface area (Å²) in [6.07, 6.45) is 2.35. The van der Waals surface area contributed by atoms with Gasteiger partial charge in [0.05, 0.1) is 10.5 Å². The van der Waals surface area contributed by atoms with Crippen LogP contribution >= 0.6 is 0 Å². The van der Waals surface area contributed by atoms with Gasteiger partial charge in [-0.15, -0.1) is 0 Å². The highest BCUT2D eigenvalue weighted by Gasteiger charge is 2.24. The quantitative estimate of drug-likeness (QED) is 0.256. The third-order valence-electron chi connectivity index (χ3n) is 5.88. The highest BCUT2D eigenvalue weighted by molar-refractivity contribution is 7.89. The predicted molar refractivity (Wildman–Crippen MR) is 145 cm³/mol. The molecule has 3 rings (SSSR count). The van der Waals surface area contributed by atoms with Gasteiger partial charge < -0.3 is 9.64 Å². The molecule has 0 radical (unpaired) electrons. The number of ether oxygens (including phenoxy) is 1. The highest BCUT2D eigenvalue weighted by Crippen LogP contribution is 2.20. The first kappa shape index (κ1) is 27.2. The van der Waals surface area contributed by atoms with E-state index in [0.29, 0.717) is 18.5 Å². The molecular formula is C29H34N2O4S. The molecule has 0 fully saturated rings. The van der Waals surface area contributed by atoms with Crippen molar-refractivity contribution in [1.82, 2.24) is 4.31 Å². The largest absolute Gasteiger partial charge is 0.458 e. The minimum atomic E-state index is -3.67. The lowest BCUT2D eigenvalue weighted by atomic mass is 10.2. The van der Waals surface area contributed by atoms with Gasteiger partial charge in [0.25, 0.3) is 0 Å². The van der Waals surface area contributed by atoms with Crippen LogP contribution in [0.3, 0.4) is 0 Å². The zero-order valence-electron chi connectivity index (χ0n) is 21.3. The molecule has 0 N–H and O–H groups in total. The molecule has 0 unspecified atom stereocenters. The summed E-state index contributed by atoms with van der Waals surface area (Å²) >= 11 is 0. The van der Waals surface area contributed by atoms with Gasteiger partial charge in [0.2, 0.25) is 10.0 Å². The van der Waals surface area contributed by atoms with Crippen LogP contribution in [0.5, 0.6) is 0 Å². The average Bonchev–Trinajstić information content (AvgIpc) is 2.87. The van der Waals surface area contributed by atoms with E-state index in [-0.39, 0.29) is 18.0 Å². The fourth-order valence-corrected chi connectivity index (χ4v) is 5.00. The summed E-state index contributed by atoms with van der Waals surface area (Å²) in [6, 6.07) is 23.7. The lowest BCUT2D eigenvalue weighted by molar-refractivity contribution is 0.0549. The van der Waals surface area contributed by atoms with Crippen LogP contribution in [0.4, 0.5) is 5.69 Å². The third-order valence-corrected chi connectivity index (χ3v) is 7.74. The van der Waals surface area contributed by atoms with Gasteiger partial charge in [0, 0.05) is 32.9 Å². The second kappa shape index (κ2) is 12.5. The van der Waals surface area contributed by atoms with Gasteiger partial charge in [-0.2, -0.15) is 4.31 Å². The van der Waals surface area contributed by atoms with Gasteiger partial charge in [0.15, 0.2) is 0 Å². The van der Waals surface area contributed by atoms with E-state index in [2.05, 4.69) is 0 Å². The molecule has 190 valence electrons. The number of carbonyl (C=O) groups is 1. The van der Waals surface area contributed by atoms with Crippen molar-refractivity contribution in [1.29, 1.82) is 0 Å². The minimum Gasteiger partial charge on any atom is -0.458 e. The molecule has 0 saturated carbocycles. The van der Waals surface area contributed by atoms with E-state index in [1.165, 1.54) is 4.31 Å². The maximum atomic E-state index is 13.4. The summed E-state index contributed by atoms with van der Waals surface area (Å²) in [7, 11) is 0.203. The van der Waals surface area contributed by atoms with Gasteiger partial charge in [0.1, 0.15) is 6.61 Å². The molecule has 0 aliphatic rings. The Balaban J connectivity index is 1.64.